The maximum absolute atomic E-state index is 4.62. The molecule has 1 aromatic carbocycles. The third-order valence-electron chi connectivity index (χ3n) is 3.61. The number of H-pyrrole nitrogens is 1. The fraction of sp³-hybridized carbons (Fsp3) is 0.375. The number of aromatic amines is 1. The van der Waals surface area contributed by atoms with E-state index in [9.17, 15) is 0 Å². The van der Waals surface area contributed by atoms with Gasteiger partial charge in [-0.15, -0.1) is 0 Å². The summed E-state index contributed by atoms with van der Waals surface area (Å²) in [6, 6.07) is 8.65. The maximum Gasteiger partial charge on any atom is 0.124 e. The Balaban J connectivity index is 1.66. The Hall–Kier alpha value is -2.14. The van der Waals surface area contributed by atoms with Crippen molar-refractivity contribution < 1.29 is 0 Å². The van der Waals surface area contributed by atoms with Gasteiger partial charge in [0.15, 0.2) is 0 Å². The van der Waals surface area contributed by atoms with Crippen molar-refractivity contribution in [3.63, 3.8) is 0 Å². The molecule has 21 heavy (non-hydrogen) atoms. The van der Waals surface area contributed by atoms with Crippen LogP contribution in [0, 0.1) is 0 Å². The largest absolute Gasteiger partial charge is 0.341 e. The zero-order valence-corrected chi connectivity index (χ0v) is 12.7. The molecule has 2 N–H and O–H groups in total. The quantitative estimate of drug-likeness (QED) is 0.756. The first-order valence-corrected chi connectivity index (χ1v) is 7.34. The van der Waals surface area contributed by atoms with Gasteiger partial charge < -0.3 is 10.3 Å². The zero-order chi connectivity index (χ0) is 14.8. The number of rotatable bonds is 5. The van der Waals surface area contributed by atoms with Gasteiger partial charge in [0, 0.05) is 24.3 Å². The van der Waals surface area contributed by atoms with Crippen molar-refractivity contribution in [3.8, 4) is 0 Å². The van der Waals surface area contributed by atoms with Crippen molar-refractivity contribution in [3.05, 3.63) is 48.0 Å². The van der Waals surface area contributed by atoms with Crippen LogP contribution in [0.5, 0.6) is 0 Å². The second-order valence-corrected chi connectivity index (χ2v) is 5.66. The van der Waals surface area contributed by atoms with Crippen LogP contribution in [-0.4, -0.2) is 19.7 Å². The lowest BCUT2D eigenvalue weighted by molar-refractivity contribution is 0.529. The van der Waals surface area contributed by atoms with E-state index in [1.54, 1.807) is 0 Å². The van der Waals surface area contributed by atoms with Gasteiger partial charge in [0.05, 0.1) is 23.3 Å². The molecule has 0 fully saturated rings. The molecular formula is C16H21N5. The van der Waals surface area contributed by atoms with E-state index in [4.69, 9.17) is 0 Å². The second kappa shape index (κ2) is 5.69. The molecule has 110 valence electrons. The standard InChI is InChI=1S/C16H21N5/c1-11(2)21-10-13(9-18-21)8-17-12(3)16-19-14-6-4-5-7-15(14)20-16/h4-7,9-12,17H,8H2,1-3H3,(H,19,20). The van der Waals surface area contributed by atoms with E-state index in [-0.39, 0.29) is 6.04 Å². The number of imidazole rings is 1. The van der Waals surface area contributed by atoms with Gasteiger partial charge in [-0.05, 0) is 32.9 Å². The third kappa shape index (κ3) is 2.97. The fourth-order valence-electron chi connectivity index (χ4n) is 2.30. The molecule has 0 aliphatic rings. The molecule has 5 nitrogen and oxygen atoms in total. The number of para-hydroxylation sites is 2. The average molecular weight is 283 g/mol. The predicted molar refractivity (Wildman–Crippen MR) is 84.0 cm³/mol. The molecule has 1 atom stereocenters. The topological polar surface area (TPSA) is 58.5 Å². The number of hydrogen-bond donors (Lipinski definition) is 2. The summed E-state index contributed by atoms with van der Waals surface area (Å²) in [7, 11) is 0. The Labute approximate surface area is 124 Å². The summed E-state index contributed by atoms with van der Waals surface area (Å²) < 4.78 is 1.98. The van der Waals surface area contributed by atoms with Crippen LogP contribution in [-0.2, 0) is 6.54 Å². The number of nitrogens with zero attached hydrogens (tertiary/aromatic N) is 3. The van der Waals surface area contributed by atoms with Crippen molar-refractivity contribution >= 4 is 11.0 Å². The molecule has 3 rings (SSSR count). The Morgan fingerprint density at radius 2 is 2.05 bits per heavy atom. The van der Waals surface area contributed by atoms with Crippen LogP contribution in [0.1, 0.15) is 44.2 Å². The summed E-state index contributed by atoms with van der Waals surface area (Å²) in [5.74, 6) is 0.965. The van der Waals surface area contributed by atoms with Gasteiger partial charge in [0.2, 0.25) is 0 Å². The van der Waals surface area contributed by atoms with E-state index in [0.717, 1.165) is 23.4 Å². The summed E-state index contributed by atoms with van der Waals surface area (Å²) >= 11 is 0. The Morgan fingerprint density at radius 3 is 2.76 bits per heavy atom. The van der Waals surface area contributed by atoms with Crippen molar-refractivity contribution in [1.29, 1.82) is 0 Å². The highest BCUT2D eigenvalue weighted by molar-refractivity contribution is 5.74. The smallest absolute Gasteiger partial charge is 0.124 e. The Morgan fingerprint density at radius 1 is 1.24 bits per heavy atom. The van der Waals surface area contributed by atoms with Crippen LogP contribution in [0.4, 0.5) is 0 Å². The lowest BCUT2D eigenvalue weighted by Crippen LogP contribution is -2.19. The van der Waals surface area contributed by atoms with Crippen LogP contribution in [0.2, 0.25) is 0 Å². The van der Waals surface area contributed by atoms with Crippen LogP contribution in [0.15, 0.2) is 36.7 Å². The molecule has 1 unspecified atom stereocenters. The lowest BCUT2D eigenvalue weighted by atomic mass is 10.3. The van der Waals surface area contributed by atoms with E-state index in [2.05, 4.69) is 47.4 Å². The predicted octanol–water partition coefficient (Wildman–Crippen LogP) is 3.19. The highest BCUT2D eigenvalue weighted by atomic mass is 15.3. The van der Waals surface area contributed by atoms with Crippen LogP contribution < -0.4 is 5.32 Å². The summed E-state index contributed by atoms with van der Waals surface area (Å²) in [6.07, 6.45) is 4.00. The maximum atomic E-state index is 4.62. The third-order valence-corrected chi connectivity index (χ3v) is 3.61. The molecule has 0 amide bonds. The van der Waals surface area contributed by atoms with Crippen molar-refractivity contribution in [1.82, 2.24) is 25.1 Å². The van der Waals surface area contributed by atoms with Gasteiger partial charge in [0.25, 0.3) is 0 Å². The molecule has 0 saturated heterocycles. The summed E-state index contributed by atoms with van der Waals surface area (Å²) in [5.41, 5.74) is 3.27. The van der Waals surface area contributed by atoms with Crippen LogP contribution >= 0.6 is 0 Å². The molecular weight excluding hydrogens is 262 g/mol. The first-order valence-electron chi connectivity index (χ1n) is 7.34. The van der Waals surface area contributed by atoms with Crippen molar-refractivity contribution in [2.45, 2.75) is 39.4 Å². The molecule has 0 spiro atoms. The van der Waals surface area contributed by atoms with Gasteiger partial charge in [-0.1, -0.05) is 12.1 Å². The summed E-state index contributed by atoms with van der Waals surface area (Å²) in [5, 5.41) is 7.84. The van der Waals surface area contributed by atoms with Gasteiger partial charge in [-0.3, -0.25) is 4.68 Å². The molecule has 0 aliphatic heterocycles. The molecule has 3 aromatic rings. The summed E-state index contributed by atoms with van der Waals surface area (Å²) in [4.78, 5) is 7.98. The minimum Gasteiger partial charge on any atom is -0.341 e. The first-order chi connectivity index (χ1) is 10.1. The second-order valence-electron chi connectivity index (χ2n) is 5.66. The van der Waals surface area contributed by atoms with Gasteiger partial charge in [0.1, 0.15) is 5.82 Å². The van der Waals surface area contributed by atoms with Gasteiger partial charge in [-0.25, -0.2) is 4.98 Å². The number of benzene rings is 1. The number of fused-ring (bicyclic) bond motifs is 1. The number of nitrogens with one attached hydrogen (secondary N) is 2. The van der Waals surface area contributed by atoms with Crippen molar-refractivity contribution in [2.24, 2.45) is 0 Å². The van der Waals surface area contributed by atoms with E-state index in [1.165, 1.54) is 5.56 Å². The summed E-state index contributed by atoms with van der Waals surface area (Å²) in [6.45, 7) is 7.15. The van der Waals surface area contributed by atoms with Crippen LogP contribution in [0.3, 0.4) is 0 Å². The minimum absolute atomic E-state index is 0.166. The fourth-order valence-corrected chi connectivity index (χ4v) is 2.30. The average Bonchev–Trinajstić information content (AvgIpc) is 3.11. The molecule has 0 saturated carbocycles. The first kappa shape index (κ1) is 13.8. The monoisotopic (exact) mass is 283 g/mol. The lowest BCUT2D eigenvalue weighted by Gasteiger charge is -2.10. The molecule has 0 bridgehead atoms. The molecule has 2 aromatic heterocycles. The zero-order valence-electron chi connectivity index (χ0n) is 12.7. The number of aromatic nitrogens is 4. The number of hydrogen-bond acceptors (Lipinski definition) is 3. The van der Waals surface area contributed by atoms with Crippen molar-refractivity contribution in [2.75, 3.05) is 0 Å². The SMILES string of the molecule is CC(NCc1cnn(C(C)C)c1)c1nc2ccccc2[nH]1. The molecule has 2 heterocycles. The van der Waals surface area contributed by atoms with E-state index >= 15 is 0 Å². The van der Waals surface area contributed by atoms with Crippen LogP contribution in [0.25, 0.3) is 11.0 Å². The van der Waals surface area contributed by atoms with Gasteiger partial charge >= 0.3 is 0 Å². The van der Waals surface area contributed by atoms with E-state index in [0.29, 0.717) is 6.04 Å². The molecule has 5 heteroatoms. The van der Waals surface area contributed by atoms with Gasteiger partial charge in [-0.2, -0.15) is 5.10 Å². The van der Waals surface area contributed by atoms with E-state index < -0.39 is 0 Å². The van der Waals surface area contributed by atoms with E-state index in [1.807, 2.05) is 35.1 Å². The Kier molecular flexibility index (Phi) is 3.75. The minimum atomic E-state index is 0.166. The Bertz CT molecular complexity index is 692. The highest BCUT2D eigenvalue weighted by Crippen LogP contribution is 2.16. The molecule has 0 radical (unpaired) electrons. The normalized spacial score (nSPS) is 13.1. The highest BCUT2D eigenvalue weighted by Gasteiger charge is 2.10. The molecule has 0 aliphatic carbocycles.